The Bertz CT molecular complexity index is 1160. The number of aryl methyl sites for hydroxylation is 1. The number of anilines is 2. The fraction of sp³-hybridized carbons (Fsp3) is 0.211. The van der Waals surface area contributed by atoms with E-state index in [1.54, 1.807) is 18.2 Å². The number of ether oxygens (including phenoxy) is 1. The second kappa shape index (κ2) is 7.45. The van der Waals surface area contributed by atoms with Crippen molar-refractivity contribution in [1.82, 2.24) is 10.2 Å². The Hall–Kier alpha value is -2.98. The highest BCUT2D eigenvalue weighted by Gasteiger charge is 2.35. The number of nitrogens with one attached hydrogen (secondary N) is 1. The molecule has 4 rings (SSSR count). The molecular formula is C19H18N4O4S2. The van der Waals surface area contributed by atoms with E-state index in [-0.39, 0.29) is 6.54 Å². The zero-order valence-corrected chi connectivity index (χ0v) is 17.3. The molecule has 1 amide bonds. The van der Waals surface area contributed by atoms with Crippen LogP contribution in [0.4, 0.5) is 10.8 Å². The van der Waals surface area contributed by atoms with E-state index in [2.05, 4.69) is 15.5 Å². The molecule has 0 fully saturated rings. The van der Waals surface area contributed by atoms with Gasteiger partial charge >= 0.3 is 0 Å². The van der Waals surface area contributed by atoms with E-state index < -0.39 is 22.0 Å². The Labute approximate surface area is 172 Å². The molecule has 2 heterocycles. The number of sulfonamides is 1. The van der Waals surface area contributed by atoms with E-state index in [1.165, 1.54) is 15.6 Å². The minimum Gasteiger partial charge on any atom is -0.476 e. The standard InChI is InChI=1S/C19H18N4O4S2/c1-12-8-9-14-15(10-12)27-16(11-23(14)29(2,25)26)17(24)20-19-22-21-18(28-19)13-6-4-3-5-7-13/h3-10,16H,11H2,1-2H3,(H,20,22,24)/t16-/m1/s1. The van der Waals surface area contributed by atoms with Gasteiger partial charge < -0.3 is 4.74 Å². The largest absolute Gasteiger partial charge is 0.476 e. The number of benzene rings is 2. The fourth-order valence-corrected chi connectivity index (χ4v) is 4.64. The molecule has 1 aliphatic rings. The van der Waals surface area contributed by atoms with Gasteiger partial charge in [0.1, 0.15) is 10.8 Å². The van der Waals surface area contributed by atoms with E-state index in [0.29, 0.717) is 21.6 Å². The van der Waals surface area contributed by atoms with Crippen LogP contribution in [0.25, 0.3) is 10.6 Å². The molecule has 3 aromatic rings. The van der Waals surface area contributed by atoms with Crippen LogP contribution in [0.15, 0.2) is 48.5 Å². The van der Waals surface area contributed by atoms with Gasteiger partial charge in [0.2, 0.25) is 15.2 Å². The molecule has 8 nitrogen and oxygen atoms in total. The van der Waals surface area contributed by atoms with Crippen molar-refractivity contribution in [3.63, 3.8) is 0 Å². The highest BCUT2D eigenvalue weighted by molar-refractivity contribution is 7.92. The van der Waals surface area contributed by atoms with Gasteiger partial charge in [-0.15, -0.1) is 10.2 Å². The van der Waals surface area contributed by atoms with Crippen molar-refractivity contribution in [2.24, 2.45) is 0 Å². The van der Waals surface area contributed by atoms with Crippen LogP contribution in [0, 0.1) is 6.92 Å². The van der Waals surface area contributed by atoms with E-state index in [0.717, 1.165) is 17.4 Å². The molecule has 29 heavy (non-hydrogen) atoms. The number of aromatic nitrogens is 2. The van der Waals surface area contributed by atoms with Crippen molar-refractivity contribution in [2.45, 2.75) is 13.0 Å². The minimum atomic E-state index is -3.58. The van der Waals surface area contributed by atoms with Crippen molar-refractivity contribution in [3.05, 3.63) is 54.1 Å². The molecule has 150 valence electrons. The van der Waals surface area contributed by atoms with Gasteiger partial charge in [0.15, 0.2) is 6.10 Å². The summed E-state index contributed by atoms with van der Waals surface area (Å²) in [4.78, 5) is 12.8. The second-order valence-corrected chi connectivity index (χ2v) is 9.52. The number of nitrogens with zero attached hydrogens (tertiary/aromatic N) is 3. The Morgan fingerprint density at radius 2 is 1.97 bits per heavy atom. The van der Waals surface area contributed by atoms with Gasteiger partial charge in [0, 0.05) is 5.56 Å². The molecule has 0 bridgehead atoms. The van der Waals surface area contributed by atoms with Gasteiger partial charge in [-0.05, 0) is 24.6 Å². The van der Waals surface area contributed by atoms with Gasteiger partial charge in [-0.25, -0.2) is 8.42 Å². The monoisotopic (exact) mass is 430 g/mol. The van der Waals surface area contributed by atoms with Gasteiger partial charge in [-0.3, -0.25) is 14.4 Å². The Morgan fingerprint density at radius 1 is 1.21 bits per heavy atom. The predicted octanol–water partition coefficient (Wildman–Crippen LogP) is 2.68. The van der Waals surface area contributed by atoms with Crippen molar-refractivity contribution in [3.8, 4) is 16.3 Å². The first kappa shape index (κ1) is 19.3. The molecule has 0 radical (unpaired) electrons. The first-order valence-electron chi connectivity index (χ1n) is 8.76. The normalized spacial score (nSPS) is 16.1. The lowest BCUT2D eigenvalue weighted by atomic mass is 10.1. The van der Waals surface area contributed by atoms with E-state index in [9.17, 15) is 13.2 Å². The number of hydrogen-bond donors (Lipinski definition) is 1. The quantitative estimate of drug-likeness (QED) is 0.683. The van der Waals surface area contributed by atoms with Crippen molar-refractivity contribution < 1.29 is 17.9 Å². The summed E-state index contributed by atoms with van der Waals surface area (Å²) in [6, 6.07) is 14.7. The number of carbonyl (C=O) groups excluding carboxylic acids is 1. The summed E-state index contributed by atoms with van der Waals surface area (Å²) >= 11 is 1.23. The molecule has 1 atom stereocenters. The number of hydrogen-bond acceptors (Lipinski definition) is 7. The van der Waals surface area contributed by atoms with Crippen LogP contribution >= 0.6 is 11.3 Å². The average molecular weight is 431 g/mol. The maximum atomic E-state index is 12.8. The van der Waals surface area contributed by atoms with E-state index in [1.807, 2.05) is 37.3 Å². The van der Waals surface area contributed by atoms with Crippen LogP contribution in [-0.2, 0) is 14.8 Å². The lowest BCUT2D eigenvalue weighted by Crippen LogP contribution is -2.48. The topological polar surface area (TPSA) is 101 Å². The first-order valence-corrected chi connectivity index (χ1v) is 11.4. The highest BCUT2D eigenvalue weighted by atomic mass is 32.2. The third kappa shape index (κ3) is 4.08. The van der Waals surface area contributed by atoms with E-state index >= 15 is 0 Å². The first-order chi connectivity index (χ1) is 13.8. The third-order valence-electron chi connectivity index (χ3n) is 4.35. The summed E-state index contributed by atoms with van der Waals surface area (Å²) in [6.07, 6.45) is 0.0939. The van der Waals surface area contributed by atoms with Crippen molar-refractivity contribution >= 4 is 38.1 Å². The number of carbonyl (C=O) groups is 1. The summed E-state index contributed by atoms with van der Waals surface area (Å²) in [6.45, 7) is 1.75. The molecule has 10 heteroatoms. The van der Waals surface area contributed by atoms with E-state index in [4.69, 9.17) is 4.74 Å². The highest BCUT2D eigenvalue weighted by Crippen LogP contribution is 2.36. The lowest BCUT2D eigenvalue weighted by molar-refractivity contribution is -0.122. The number of fused-ring (bicyclic) bond motifs is 1. The number of rotatable bonds is 4. The molecule has 0 spiro atoms. The molecule has 1 N–H and O–H groups in total. The van der Waals surface area contributed by atoms with Crippen LogP contribution in [-0.4, -0.2) is 43.4 Å². The van der Waals surface area contributed by atoms with Gasteiger partial charge in [0.25, 0.3) is 5.91 Å². The molecular weight excluding hydrogens is 412 g/mol. The summed E-state index contributed by atoms with van der Waals surface area (Å²) in [5, 5.41) is 11.8. The molecule has 0 aliphatic carbocycles. The SMILES string of the molecule is Cc1ccc2c(c1)O[C@@H](C(=O)Nc1nnc(-c3ccccc3)s1)CN2S(C)(=O)=O. The lowest BCUT2D eigenvalue weighted by Gasteiger charge is -2.33. The fourth-order valence-electron chi connectivity index (χ4n) is 2.97. The molecule has 1 aliphatic heterocycles. The van der Waals surface area contributed by atoms with Crippen LogP contribution in [0.1, 0.15) is 5.56 Å². The Morgan fingerprint density at radius 3 is 2.69 bits per heavy atom. The molecule has 2 aromatic carbocycles. The molecule has 0 unspecified atom stereocenters. The van der Waals surface area contributed by atoms with Gasteiger partial charge in [-0.1, -0.05) is 47.7 Å². The van der Waals surface area contributed by atoms with Crippen LogP contribution in [0.5, 0.6) is 5.75 Å². The van der Waals surface area contributed by atoms with Crippen LogP contribution in [0.3, 0.4) is 0 Å². The number of amides is 1. The summed E-state index contributed by atoms with van der Waals surface area (Å²) in [5.74, 6) is -0.134. The van der Waals surface area contributed by atoms with Crippen molar-refractivity contribution in [1.29, 1.82) is 0 Å². The minimum absolute atomic E-state index is 0.120. The Balaban J connectivity index is 1.56. The van der Waals surface area contributed by atoms with Crippen molar-refractivity contribution in [2.75, 3.05) is 22.4 Å². The molecule has 1 aromatic heterocycles. The molecule has 0 saturated heterocycles. The van der Waals surface area contributed by atoms with Crippen LogP contribution in [0.2, 0.25) is 0 Å². The van der Waals surface area contributed by atoms with Gasteiger partial charge in [0.05, 0.1) is 18.5 Å². The summed E-state index contributed by atoms with van der Waals surface area (Å²) in [5.41, 5.74) is 2.21. The predicted molar refractivity (Wildman–Crippen MR) is 112 cm³/mol. The Kier molecular flexibility index (Phi) is 4.97. The third-order valence-corrected chi connectivity index (χ3v) is 6.39. The molecule has 0 saturated carbocycles. The smallest absolute Gasteiger partial charge is 0.269 e. The maximum absolute atomic E-state index is 12.8. The zero-order chi connectivity index (χ0) is 20.6. The maximum Gasteiger partial charge on any atom is 0.269 e. The second-order valence-electron chi connectivity index (χ2n) is 6.64. The zero-order valence-electron chi connectivity index (χ0n) is 15.7. The van der Waals surface area contributed by atoms with Crippen LogP contribution < -0.4 is 14.4 Å². The average Bonchev–Trinajstić information content (AvgIpc) is 3.15. The summed E-state index contributed by atoms with van der Waals surface area (Å²) in [7, 11) is -3.58. The van der Waals surface area contributed by atoms with Gasteiger partial charge in [-0.2, -0.15) is 0 Å². The summed E-state index contributed by atoms with van der Waals surface area (Å²) < 4.78 is 31.5.